The summed E-state index contributed by atoms with van der Waals surface area (Å²) < 4.78 is 13.0. The molecule has 0 aromatic carbocycles. The van der Waals surface area contributed by atoms with Crippen molar-refractivity contribution in [2.75, 3.05) is 0 Å². The molecule has 0 spiro atoms. The van der Waals surface area contributed by atoms with Crippen LogP contribution in [0.5, 0.6) is 0 Å². The second-order valence-electron chi connectivity index (χ2n) is 2.30. The molecular formula is C10H10FN2+. The first kappa shape index (κ1) is 9.32. The van der Waals surface area contributed by atoms with Crippen molar-refractivity contribution < 1.29 is 9.28 Å². The van der Waals surface area contributed by atoms with E-state index in [1.807, 2.05) is 0 Å². The van der Waals surface area contributed by atoms with Crippen molar-refractivity contribution in [1.29, 1.82) is 0 Å². The van der Waals surface area contributed by atoms with Gasteiger partial charge in [0.15, 0.2) is 0 Å². The summed E-state index contributed by atoms with van der Waals surface area (Å²) in [6.07, 6.45) is 4.05. The van der Waals surface area contributed by atoms with Gasteiger partial charge >= 0.3 is 0 Å². The number of aromatic nitrogens is 1. The Morgan fingerprint density at radius 1 is 1.46 bits per heavy atom. The van der Waals surface area contributed by atoms with Gasteiger partial charge in [-0.25, -0.2) is 4.98 Å². The molecule has 2 nitrogen and oxygen atoms in total. The van der Waals surface area contributed by atoms with Gasteiger partial charge in [0.2, 0.25) is 6.20 Å². The second kappa shape index (κ2) is 4.30. The minimum Gasteiger partial charge on any atom is -0.250 e. The lowest BCUT2D eigenvalue weighted by atomic mass is 10.2. The molecule has 0 unspecified atom stereocenters. The number of hydrogen-bond acceptors (Lipinski definition) is 1. The molecule has 0 N–H and O–H groups in total. The first-order chi connectivity index (χ1) is 6.29. The van der Waals surface area contributed by atoms with E-state index in [1.54, 1.807) is 24.4 Å². The molecule has 0 radical (unpaired) electrons. The molecule has 1 aromatic heterocycles. The maximum absolute atomic E-state index is 13.0. The highest BCUT2D eigenvalue weighted by Gasteiger charge is 2.12. The zero-order valence-electron chi connectivity index (χ0n) is 7.15. The van der Waals surface area contributed by atoms with Gasteiger partial charge < -0.3 is 0 Å². The fourth-order valence-electron chi connectivity index (χ4n) is 0.914. The SMILES string of the molecule is C=C/C(c1ccccn1)=[N+](/F)C=C. The number of hydrogen-bond donors (Lipinski definition) is 0. The summed E-state index contributed by atoms with van der Waals surface area (Å²) in [7, 11) is 0. The average Bonchev–Trinajstić information content (AvgIpc) is 2.20. The van der Waals surface area contributed by atoms with Gasteiger partial charge in [-0.15, -0.1) is 0 Å². The summed E-state index contributed by atoms with van der Waals surface area (Å²) in [6.45, 7) is 6.81. The van der Waals surface area contributed by atoms with Crippen LogP contribution in [0.3, 0.4) is 0 Å². The van der Waals surface area contributed by atoms with Gasteiger partial charge in [-0.1, -0.05) is 12.6 Å². The van der Waals surface area contributed by atoms with Gasteiger partial charge in [0.1, 0.15) is 5.69 Å². The van der Waals surface area contributed by atoms with Gasteiger partial charge in [0, 0.05) is 17.1 Å². The Bertz CT molecular complexity index is 341. The van der Waals surface area contributed by atoms with Crippen molar-refractivity contribution >= 4 is 5.71 Å². The molecule has 0 amide bonds. The average molecular weight is 177 g/mol. The molecule has 0 aliphatic rings. The molecule has 1 aromatic rings. The Balaban J connectivity index is 3.20. The number of pyridine rings is 1. The van der Waals surface area contributed by atoms with Crippen LogP contribution in [-0.4, -0.2) is 15.5 Å². The molecule has 0 saturated carbocycles. The van der Waals surface area contributed by atoms with Crippen molar-refractivity contribution in [3.8, 4) is 0 Å². The molecule has 0 aliphatic carbocycles. The van der Waals surface area contributed by atoms with Crippen LogP contribution < -0.4 is 0 Å². The predicted molar refractivity (Wildman–Crippen MR) is 50.1 cm³/mol. The highest BCUT2D eigenvalue weighted by Crippen LogP contribution is 1.98. The van der Waals surface area contributed by atoms with Gasteiger partial charge in [-0.05, 0) is 18.7 Å². The molecule has 0 aliphatic heterocycles. The van der Waals surface area contributed by atoms with Gasteiger partial charge in [0.25, 0.3) is 5.71 Å². The zero-order chi connectivity index (χ0) is 9.68. The van der Waals surface area contributed by atoms with Crippen LogP contribution in [-0.2, 0) is 0 Å². The third-order valence-electron chi connectivity index (χ3n) is 1.51. The highest BCUT2D eigenvalue weighted by atomic mass is 19.2. The minimum absolute atomic E-state index is 0.288. The first-order valence-corrected chi connectivity index (χ1v) is 3.78. The normalized spacial score (nSPS) is 11.8. The molecule has 0 fully saturated rings. The fourth-order valence-corrected chi connectivity index (χ4v) is 0.914. The van der Waals surface area contributed by atoms with Crippen LogP contribution in [0.15, 0.2) is 49.8 Å². The molecule has 66 valence electrons. The fraction of sp³-hybridized carbons (Fsp3) is 0. The summed E-state index contributed by atoms with van der Waals surface area (Å²) in [6, 6.07) is 5.25. The third-order valence-corrected chi connectivity index (χ3v) is 1.51. The lowest BCUT2D eigenvalue weighted by Crippen LogP contribution is -2.09. The highest BCUT2D eigenvalue weighted by molar-refractivity contribution is 6.03. The Hall–Kier alpha value is -1.77. The van der Waals surface area contributed by atoms with Crippen molar-refractivity contribution in [2.24, 2.45) is 0 Å². The van der Waals surface area contributed by atoms with Crippen molar-refractivity contribution in [2.45, 2.75) is 0 Å². The number of rotatable bonds is 3. The van der Waals surface area contributed by atoms with E-state index in [1.165, 1.54) is 6.08 Å². The molecule has 1 rings (SSSR count). The minimum atomic E-state index is 0.288. The zero-order valence-corrected chi connectivity index (χ0v) is 7.15. The monoisotopic (exact) mass is 177 g/mol. The van der Waals surface area contributed by atoms with Crippen LogP contribution in [0.25, 0.3) is 0 Å². The van der Waals surface area contributed by atoms with E-state index in [0.29, 0.717) is 10.5 Å². The quantitative estimate of drug-likeness (QED) is 0.510. The van der Waals surface area contributed by atoms with E-state index in [4.69, 9.17) is 0 Å². The lowest BCUT2D eigenvalue weighted by Gasteiger charge is -1.92. The van der Waals surface area contributed by atoms with E-state index in [9.17, 15) is 4.48 Å². The summed E-state index contributed by atoms with van der Waals surface area (Å²) >= 11 is 0. The van der Waals surface area contributed by atoms with E-state index < -0.39 is 0 Å². The Morgan fingerprint density at radius 2 is 2.23 bits per heavy atom. The van der Waals surface area contributed by atoms with Crippen molar-refractivity contribution in [3.63, 3.8) is 0 Å². The summed E-state index contributed by atoms with van der Waals surface area (Å²) in [5.74, 6) is 0. The van der Waals surface area contributed by atoms with Gasteiger partial charge in [-0.3, -0.25) is 0 Å². The van der Waals surface area contributed by atoms with E-state index >= 15 is 0 Å². The Labute approximate surface area is 76.3 Å². The number of allylic oxidation sites excluding steroid dienone is 1. The predicted octanol–water partition coefficient (Wildman–Crippen LogP) is 2.10. The summed E-state index contributed by atoms with van der Waals surface area (Å²) in [5.41, 5.74) is 0.815. The third kappa shape index (κ3) is 2.08. The standard InChI is InChI=1S/C10H10FN2/c1-3-10(13(11)4-2)9-7-5-6-8-12-9/h3-8H,1-2H2/q+1/b13-10-. The van der Waals surface area contributed by atoms with Crippen LogP contribution in [0.2, 0.25) is 0 Å². The van der Waals surface area contributed by atoms with E-state index in [0.717, 1.165) is 6.20 Å². The number of halogens is 1. The molecule has 0 bridgehead atoms. The largest absolute Gasteiger partial charge is 0.278 e. The van der Waals surface area contributed by atoms with Crippen LogP contribution in [0, 0.1) is 0 Å². The molecule has 1 heterocycles. The maximum Gasteiger partial charge on any atom is 0.278 e. The molecular weight excluding hydrogens is 167 g/mol. The molecule has 0 saturated heterocycles. The van der Waals surface area contributed by atoms with Gasteiger partial charge in [-0.2, -0.15) is 0 Å². The van der Waals surface area contributed by atoms with E-state index in [-0.39, 0.29) is 5.71 Å². The maximum atomic E-state index is 13.0. The molecule has 13 heavy (non-hydrogen) atoms. The summed E-state index contributed by atoms with van der Waals surface area (Å²) in [4.78, 5) is 4.37. The topological polar surface area (TPSA) is 15.9 Å². The van der Waals surface area contributed by atoms with E-state index in [2.05, 4.69) is 18.1 Å². The molecule has 0 atom stereocenters. The van der Waals surface area contributed by atoms with Crippen LogP contribution >= 0.6 is 0 Å². The second-order valence-corrected chi connectivity index (χ2v) is 2.30. The lowest BCUT2D eigenvalue weighted by molar-refractivity contribution is -0.652. The van der Waals surface area contributed by atoms with Crippen LogP contribution in [0.1, 0.15) is 5.69 Å². The smallest absolute Gasteiger partial charge is 0.250 e. The Morgan fingerprint density at radius 3 is 2.69 bits per heavy atom. The van der Waals surface area contributed by atoms with Crippen LogP contribution in [0.4, 0.5) is 4.48 Å². The molecule has 3 heteroatoms. The number of nitrogens with zero attached hydrogens (tertiary/aromatic N) is 2. The Kier molecular flexibility index (Phi) is 3.09. The first-order valence-electron chi connectivity index (χ1n) is 3.78. The van der Waals surface area contributed by atoms with Crippen molar-refractivity contribution in [1.82, 2.24) is 4.98 Å². The van der Waals surface area contributed by atoms with Crippen molar-refractivity contribution in [3.05, 3.63) is 55.5 Å². The van der Waals surface area contributed by atoms with Gasteiger partial charge in [0.05, 0.1) is 4.48 Å². The summed E-state index contributed by atoms with van der Waals surface area (Å²) in [5, 5.41) is 0.